The summed E-state index contributed by atoms with van der Waals surface area (Å²) in [5.41, 5.74) is 1.59. The molecule has 11 heteroatoms. The monoisotopic (exact) mass is 659 g/mol. The van der Waals surface area contributed by atoms with Crippen molar-refractivity contribution in [2.75, 3.05) is 33.0 Å². The molecule has 2 saturated carbocycles. The third kappa shape index (κ3) is 15.0. The molecule has 47 heavy (non-hydrogen) atoms. The van der Waals surface area contributed by atoms with E-state index in [2.05, 4.69) is 40.0 Å². The zero-order valence-electron chi connectivity index (χ0n) is 30.4. The summed E-state index contributed by atoms with van der Waals surface area (Å²) in [5.74, 6) is 1.42. The van der Waals surface area contributed by atoms with Gasteiger partial charge < -0.3 is 29.8 Å². The number of ether oxygens (including phenoxy) is 2. The van der Waals surface area contributed by atoms with Crippen LogP contribution in [0.15, 0.2) is 28.7 Å². The fraction of sp³-hybridized carbons (Fsp3) is 0.694. The highest BCUT2D eigenvalue weighted by atomic mass is 16.5. The molecule has 3 amide bonds. The van der Waals surface area contributed by atoms with E-state index in [4.69, 9.17) is 13.9 Å². The molecule has 2 aromatic rings. The van der Waals surface area contributed by atoms with E-state index in [0.29, 0.717) is 80.5 Å². The van der Waals surface area contributed by atoms with Crippen molar-refractivity contribution >= 4 is 17.7 Å². The maximum Gasteiger partial charge on any atom is 0.251 e. The molecule has 0 unspecified atom stereocenters. The van der Waals surface area contributed by atoms with Gasteiger partial charge in [-0.2, -0.15) is 0 Å². The average molecular weight is 660 g/mol. The minimum absolute atomic E-state index is 0.00609. The number of hydrogen-bond acceptors (Lipinski definition) is 8. The van der Waals surface area contributed by atoms with Crippen LogP contribution in [-0.4, -0.2) is 73.0 Å². The van der Waals surface area contributed by atoms with E-state index in [-0.39, 0.29) is 23.8 Å². The average Bonchev–Trinajstić information content (AvgIpc) is 3.49. The highest BCUT2D eigenvalue weighted by Gasteiger charge is 2.53. The van der Waals surface area contributed by atoms with Crippen molar-refractivity contribution in [2.45, 2.75) is 119 Å². The summed E-state index contributed by atoms with van der Waals surface area (Å²) in [6.07, 6.45) is 5.88. The molecule has 0 saturated heterocycles. The second-order valence-corrected chi connectivity index (χ2v) is 11.7. The Labute approximate surface area is 282 Å². The Morgan fingerprint density at radius 1 is 0.809 bits per heavy atom. The number of nitrogens with one attached hydrogen (secondary N) is 3. The number of amides is 3. The van der Waals surface area contributed by atoms with Crippen LogP contribution < -0.4 is 16.0 Å². The quantitative estimate of drug-likeness (QED) is 0.179. The summed E-state index contributed by atoms with van der Waals surface area (Å²) in [7, 11) is 0. The fourth-order valence-electron chi connectivity index (χ4n) is 5.53. The van der Waals surface area contributed by atoms with Gasteiger partial charge in [-0.05, 0) is 67.7 Å². The molecule has 1 aromatic carbocycles. The lowest BCUT2D eigenvalue weighted by Crippen LogP contribution is -2.61. The van der Waals surface area contributed by atoms with Crippen LogP contribution in [0.4, 0.5) is 0 Å². The first kappa shape index (κ1) is 41.7. The van der Waals surface area contributed by atoms with Crippen LogP contribution in [0, 0.1) is 18.3 Å². The molecule has 2 aliphatic rings. The van der Waals surface area contributed by atoms with E-state index in [9.17, 15) is 14.4 Å². The molecule has 2 aliphatic carbocycles. The van der Waals surface area contributed by atoms with Crippen LogP contribution in [0.5, 0.6) is 0 Å². The van der Waals surface area contributed by atoms with Crippen LogP contribution in [0.3, 0.4) is 0 Å². The van der Waals surface area contributed by atoms with E-state index < -0.39 is 0 Å². The Morgan fingerprint density at radius 3 is 1.85 bits per heavy atom. The van der Waals surface area contributed by atoms with Gasteiger partial charge in [0.25, 0.3) is 5.91 Å². The lowest BCUT2D eigenvalue weighted by Gasteiger charge is -2.57. The smallest absolute Gasteiger partial charge is 0.251 e. The number of rotatable bonds is 16. The predicted molar refractivity (Wildman–Crippen MR) is 186 cm³/mol. The van der Waals surface area contributed by atoms with Crippen LogP contribution in [0.1, 0.15) is 117 Å². The van der Waals surface area contributed by atoms with Gasteiger partial charge in [0.15, 0.2) is 0 Å². The number of carbonyl (C=O) groups excluding carboxylic acids is 3. The summed E-state index contributed by atoms with van der Waals surface area (Å²) in [6, 6.07) is 7.47. The standard InChI is InChI=1S/C30H43N5O6.3C2H6/c1-20(2)4-9-26(36)32-24-16-30(17-24)18-25(19-30)33-27(37)10-12-39-14-15-40-13-11-31-28(38)22-5-7-23(8-6-22)29-35-34-21(3)41-29;3*1-2/h5-8,20,24-25H,4,9-19H2,1-3H3,(H,31,38)(H,32,36)(H,33,37);3*1-2H3. The molecule has 11 nitrogen and oxygen atoms in total. The summed E-state index contributed by atoms with van der Waals surface area (Å²) >= 11 is 0. The minimum Gasteiger partial charge on any atom is -0.421 e. The van der Waals surface area contributed by atoms with Gasteiger partial charge in [0.2, 0.25) is 23.6 Å². The van der Waals surface area contributed by atoms with Gasteiger partial charge >= 0.3 is 0 Å². The Bertz CT molecular complexity index is 1150. The van der Waals surface area contributed by atoms with E-state index in [1.807, 2.05) is 41.5 Å². The Morgan fingerprint density at radius 2 is 1.34 bits per heavy atom. The molecule has 0 bridgehead atoms. The van der Waals surface area contributed by atoms with Gasteiger partial charge in [-0.25, -0.2) is 0 Å². The maximum absolute atomic E-state index is 12.3. The topological polar surface area (TPSA) is 145 Å². The van der Waals surface area contributed by atoms with E-state index >= 15 is 0 Å². The van der Waals surface area contributed by atoms with Gasteiger partial charge in [0.05, 0.1) is 26.4 Å². The SMILES string of the molecule is CC.CC.CC.Cc1nnc(-c2ccc(C(=O)NCCOCCOCCC(=O)NC3CC4(C3)CC(NC(=O)CCC(C)C)C4)cc2)o1. The van der Waals surface area contributed by atoms with Gasteiger partial charge in [-0.15, -0.1) is 10.2 Å². The number of carbonyl (C=O) groups is 3. The molecular weight excluding hydrogens is 598 g/mol. The number of hydrogen-bond donors (Lipinski definition) is 3. The molecule has 4 rings (SSSR count). The molecule has 1 spiro atoms. The highest BCUT2D eigenvalue weighted by Crippen LogP contribution is 2.55. The van der Waals surface area contributed by atoms with E-state index in [1.54, 1.807) is 31.2 Å². The van der Waals surface area contributed by atoms with Crippen molar-refractivity contribution in [3.63, 3.8) is 0 Å². The third-order valence-corrected chi connectivity index (χ3v) is 7.69. The van der Waals surface area contributed by atoms with Gasteiger partial charge in [0, 0.05) is 49.5 Å². The van der Waals surface area contributed by atoms with Crippen molar-refractivity contribution < 1.29 is 28.3 Å². The van der Waals surface area contributed by atoms with Crippen LogP contribution in [-0.2, 0) is 19.1 Å². The second-order valence-electron chi connectivity index (χ2n) is 11.7. The molecule has 0 atom stereocenters. The lowest BCUT2D eigenvalue weighted by molar-refractivity contribution is -0.127. The first-order valence-electron chi connectivity index (χ1n) is 17.6. The lowest BCUT2D eigenvalue weighted by atomic mass is 9.52. The zero-order valence-corrected chi connectivity index (χ0v) is 30.4. The number of nitrogens with zero attached hydrogens (tertiary/aromatic N) is 2. The number of aryl methyl sites for hydroxylation is 1. The molecule has 3 N–H and O–H groups in total. The normalized spacial score (nSPS) is 18.9. The van der Waals surface area contributed by atoms with Crippen molar-refractivity contribution in [3.05, 3.63) is 35.7 Å². The maximum atomic E-state index is 12.3. The first-order chi connectivity index (χ1) is 22.7. The minimum atomic E-state index is -0.192. The fourth-order valence-corrected chi connectivity index (χ4v) is 5.53. The van der Waals surface area contributed by atoms with Crippen LogP contribution >= 0.6 is 0 Å². The molecule has 1 heterocycles. The third-order valence-electron chi connectivity index (χ3n) is 7.69. The molecule has 0 radical (unpaired) electrons. The van der Waals surface area contributed by atoms with Crippen LogP contribution in [0.25, 0.3) is 11.5 Å². The van der Waals surface area contributed by atoms with E-state index in [0.717, 1.165) is 37.7 Å². The zero-order chi connectivity index (χ0) is 35.2. The Hall–Kier alpha value is -3.31. The Balaban J connectivity index is 0.00000174. The summed E-state index contributed by atoms with van der Waals surface area (Å²) in [6.45, 7) is 19.8. The van der Waals surface area contributed by atoms with Crippen molar-refractivity contribution in [2.24, 2.45) is 11.3 Å². The first-order valence-corrected chi connectivity index (χ1v) is 17.6. The van der Waals surface area contributed by atoms with Crippen LogP contribution in [0.2, 0.25) is 0 Å². The Kier molecular flexibility index (Phi) is 20.5. The van der Waals surface area contributed by atoms with Gasteiger partial charge in [-0.3, -0.25) is 14.4 Å². The number of benzene rings is 1. The highest BCUT2D eigenvalue weighted by molar-refractivity contribution is 5.94. The van der Waals surface area contributed by atoms with Crippen molar-refractivity contribution in [1.82, 2.24) is 26.1 Å². The molecule has 266 valence electrons. The van der Waals surface area contributed by atoms with Gasteiger partial charge in [0.1, 0.15) is 0 Å². The largest absolute Gasteiger partial charge is 0.421 e. The second kappa shape index (κ2) is 23.1. The molecule has 2 fully saturated rings. The molecule has 0 aliphatic heterocycles. The van der Waals surface area contributed by atoms with E-state index in [1.165, 1.54) is 0 Å². The predicted octanol–water partition coefficient (Wildman–Crippen LogP) is 6.26. The summed E-state index contributed by atoms with van der Waals surface area (Å²) in [5, 5.41) is 16.8. The summed E-state index contributed by atoms with van der Waals surface area (Å²) in [4.78, 5) is 36.5. The molecular formula is C36H61N5O6. The van der Waals surface area contributed by atoms with Crippen molar-refractivity contribution in [3.8, 4) is 11.5 Å². The van der Waals surface area contributed by atoms with Gasteiger partial charge in [-0.1, -0.05) is 55.4 Å². The molecule has 1 aromatic heterocycles. The summed E-state index contributed by atoms with van der Waals surface area (Å²) < 4.78 is 16.4. The van der Waals surface area contributed by atoms with Crippen molar-refractivity contribution in [1.29, 1.82) is 0 Å². The number of aromatic nitrogens is 2.